The Bertz CT molecular complexity index is 570. The number of carbonyl (C=O) groups is 1. The fourth-order valence-corrected chi connectivity index (χ4v) is 4.45. The lowest BCUT2D eigenvalue weighted by atomic mass is 9.93. The first kappa shape index (κ1) is 13.3. The third kappa shape index (κ3) is 2.10. The SMILES string of the molecule is CC1CNCCC1NC(=O)C1CC12CCc1ccccc12. The average Bonchev–Trinajstić information content (AvgIpc) is 3.12. The molecule has 112 valence electrons. The number of hydrogen-bond acceptors (Lipinski definition) is 2. The highest BCUT2D eigenvalue weighted by molar-refractivity contribution is 5.85. The van der Waals surface area contributed by atoms with Crippen LogP contribution in [0.4, 0.5) is 0 Å². The zero-order valence-corrected chi connectivity index (χ0v) is 12.7. The molecule has 0 aromatic heterocycles. The van der Waals surface area contributed by atoms with Crippen molar-refractivity contribution in [2.75, 3.05) is 13.1 Å². The molecule has 1 aromatic carbocycles. The molecule has 4 rings (SSSR count). The van der Waals surface area contributed by atoms with Crippen molar-refractivity contribution in [3.63, 3.8) is 0 Å². The van der Waals surface area contributed by atoms with Gasteiger partial charge in [0.15, 0.2) is 0 Å². The molecule has 21 heavy (non-hydrogen) atoms. The molecule has 4 unspecified atom stereocenters. The number of rotatable bonds is 2. The molecular weight excluding hydrogens is 260 g/mol. The minimum Gasteiger partial charge on any atom is -0.353 e. The van der Waals surface area contributed by atoms with Crippen LogP contribution >= 0.6 is 0 Å². The Morgan fingerprint density at radius 1 is 1.38 bits per heavy atom. The summed E-state index contributed by atoms with van der Waals surface area (Å²) in [6.07, 6.45) is 4.41. The van der Waals surface area contributed by atoms with E-state index >= 15 is 0 Å². The van der Waals surface area contributed by atoms with Gasteiger partial charge in [0.05, 0.1) is 0 Å². The zero-order chi connectivity index (χ0) is 14.4. The van der Waals surface area contributed by atoms with E-state index in [2.05, 4.69) is 41.8 Å². The van der Waals surface area contributed by atoms with Gasteiger partial charge in [0, 0.05) is 17.4 Å². The van der Waals surface area contributed by atoms with Crippen molar-refractivity contribution < 1.29 is 4.79 Å². The molecule has 2 N–H and O–H groups in total. The number of nitrogens with one attached hydrogen (secondary N) is 2. The van der Waals surface area contributed by atoms with Crippen LogP contribution in [0.25, 0.3) is 0 Å². The van der Waals surface area contributed by atoms with Gasteiger partial charge in [-0.2, -0.15) is 0 Å². The van der Waals surface area contributed by atoms with Crippen molar-refractivity contribution in [2.24, 2.45) is 11.8 Å². The van der Waals surface area contributed by atoms with Crippen molar-refractivity contribution in [2.45, 2.75) is 44.1 Å². The van der Waals surface area contributed by atoms with Gasteiger partial charge in [0.1, 0.15) is 0 Å². The lowest BCUT2D eigenvalue weighted by Crippen LogP contribution is -2.49. The Balaban J connectivity index is 1.46. The summed E-state index contributed by atoms with van der Waals surface area (Å²) in [6.45, 7) is 4.27. The molecule has 0 radical (unpaired) electrons. The zero-order valence-electron chi connectivity index (χ0n) is 12.7. The number of piperidine rings is 1. The van der Waals surface area contributed by atoms with E-state index in [-0.39, 0.29) is 11.3 Å². The van der Waals surface area contributed by atoms with E-state index in [9.17, 15) is 4.79 Å². The van der Waals surface area contributed by atoms with Crippen molar-refractivity contribution in [1.82, 2.24) is 10.6 Å². The smallest absolute Gasteiger partial charge is 0.224 e. The van der Waals surface area contributed by atoms with E-state index in [1.54, 1.807) is 0 Å². The van der Waals surface area contributed by atoms with Gasteiger partial charge in [0.25, 0.3) is 0 Å². The Morgan fingerprint density at radius 2 is 2.24 bits per heavy atom. The predicted molar refractivity (Wildman–Crippen MR) is 83.1 cm³/mol. The van der Waals surface area contributed by atoms with E-state index in [0.717, 1.165) is 38.8 Å². The van der Waals surface area contributed by atoms with Crippen LogP contribution < -0.4 is 10.6 Å². The van der Waals surface area contributed by atoms with Gasteiger partial charge < -0.3 is 10.6 Å². The second-order valence-corrected chi connectivity index (χ2v) is 7.16. The summed E-state index contributed by atoms with van der Waals surface area (Å²) < 4.78 is 0. The summed E-state index contributed by atoms with van der Waals surface area (Å²) in [5.74, 6) is 1.04. The largest absolute Gasteiger partial charge is 0.353 e. The molecule has 1 saturated carbocycles. The molecule has 1 spiro atoms. The van der Waals surface area contributed by atoms with Gasteiger partial charge in [-0.15, -0.1) is 0 Å². The Morgan fingerprint density at radius 3 is 3.10 bits per heavy atom. The Labute approximate surface area is 126 Å². The summed E-state index contributed by atoms with van der Waals surface area (Å²) >= 11 is 0. The molecule has 3 aliphatic rings. The number of amides is 1. The molecule has 3 heteroatoms. The highest BCUT2D eigenvalue weighted by Crippen LogP contribution is 2.61. The maximum Gasteiger partial charge on any atom is 0.224 e. The third-order valence-corrected chi connectivity index (χ3v) is 5.90. The number of benzene rings is 1. The van der Waals surface area contributed by atoms with Crippen molar-refractivity contribution >= 4 is 5.91 Å². The Hall–Kier alpha value is -1.35. The molecule has 2 fully saturated rings. The fraction of sp³-hybridized carbons (Fsp3) is 0.611. The first-order chi connectivity index (χ1) is 10.2. The first-order valence-corrected chi connectivity index (χ1v) is 8.30. The molecule has 1 saturated heterocycles. The third-order valence-electron chi connectivity index (χ3n) is 5.90. The van der Waals surface area contributed by atoms with Crippen LogP contribution in [0, 0.1) is 11.8 Å². The second kappa shape index (κ2) is 4.84. The van der Waals surface area contributed by atoms with E-state index in [1.165, 1.54) is 11.1 Å². The summed E-state index contributed by atoms with van der Waals surface area (Å²) in [5.41, 5.74) is 3.09. The second-order valence-electron chi connectivity index (χ2n) is 7.16. The van der Waals surface area contributed by atoms with Crippen LogP contribution in [0.3, 0.4) is 0 Å². The topological polar surface area (TPSA) is 41.1 Å². The lowest BCUT2D eigenvalue weighted by Gasteiger charge is -2.30. The van der Waals surface area contributed by atoms with E-state index in [1.807, 2.05) is 0 Å². The van der Waals surface area contributed by atoms with Crippen LogP contribution in [0.1, 0.15) is 37.3 Å². The maximum atomic E-state index is 12.7. The van der Waals surface area contributed by atoms with Gasteiger partial charge in [0.2, 0.25) is 5.91 Å². The lowest BCUT2D eigenvalue weighted by molar-refractivity contribution is -0.124. The number of hydrogen-bond donors (Lipinski definition) is 2. The summed E-state index contributed by atoms with van der Waals surface area (Å²) in [6, 6.07) is 9.06. The molecule has 2 aliphatic carbocycles. The number of fused-ring (bicyclic) bond motifs is 2. The fourth-order valence-electron chi connectivity index (χ4n) is 4.45. The van der Waals surface area contributed by atoms with E-state index in [0.29, 0.717) is 17.9 Å². The standard InChI is InChI=1S/C18H24N2O/c1-12-11-19-9-7-16(12)20-17(21)15-10-18(15)8-6-13-4-2-3-5-14(13)18/h2-5,12,15-16,19H,6-11H2,1H3,(H,20,21). The van der Waals surface area contributed by atoms with Gasteiger partial charge in [-0.3, -0.25) is 4.79 Å². The first-order valence-electron chi connectivity index (χ1n) is 8.30. The minimum atomic E-state index is 0.177. The molecular formula is C18H24N2O. The molecule has 0 bridgehead atoms. The molecule has 1 amide bonds. The summed E-state index contributed by atoms with van der Waals surface area (Å²) in [4.78, 5) is 12.7. The van der Waals surface area contributed by atoms with Crippen molar-refractivity contribution in [3.05, 3.63) is 35.4 Å². The van der Waals surface area contributed by atoms with Gasteiger partial charge >= 0.3 is 0 Å². The Kier molecular flexibility index (Phi) is 3.07. The molecule has 1 heterocycles. The quantitative estimate of drug-likeness (QED) is 0.872. The number of carbonyl (C=O) groups excluding carboxylic acids is 1. The number of aryl methyl sites for hydroxylation is 1. The summed E-state index contributed by atoms with van der Waals surface area (Å²) in [7, 11) is 0. The van der Waals surface area contributed by atoms with Crippen LogP contribution in [0.15, 0.2) is 24.3 Å². The van der Waals surface area contributed by atoms with E-state index in [4.69, 9.17) is 0 Å². The van der Waals surface area contributed by atoms with Gasteiger partial charge in [-0.05, 0) is 55.8 Å². The summed E-state index contributed by atoms with van der Waals surface area (Å²) in [5, 5.41) is 6.73. The normalized spacial score (nSPS) is 37.3. The van der Waals surface area contributed by atoms with Crippen molar-refractivity contribution in [3.8, 4) is 0 Å². The average molecular weight is 284 g/mol. The monoisotopic (exact) mass is 284 g/mol. The van der Waals surface area contributed by atoms with Crippen LogP contribution in [-0.2, 0) is 16.6 Å². The highest BCUT2D eigenvalue weighted by Gasteiger charge is 2.61. The molecule has 4 atom stereocenters. The molecule has 1 aromatic rings. The van der Waals surface area contributed by atoms with Crippen LogP contribution in [-0.4, -0.2) is 25.0 Å². The van der Waals surface area contributed by atoms with Crippen molar-refractivity contribution in [1.29, 1.82) is 0 Å². The molecule has 3 nitrogen and oxygen atoms in total. The maximum absolute atomic E-state index is 12.7. The van der Waals surface area contributed by atoms with E-state index < -0.39 is 0 Å². The van der Waals surface area contributed by atoms with Crippen LogP contribution in [0.5, 0.6) is 0 Å². The van der Waals surface area contributed by atoms with Crippen LogP contribution in [0.2, 0.25) is 0 Å². The minimum absolute atomic E-state index is 0.177. The van der Waals surface area contributed by atoms with Gasteiger partial charge in [-0.1, -0.05) is 31.2 Å². The molecule has 1 aliphatic heterocycles. The highest BCUT2D eigenvalue weighted by atomic mass is 16.2. The van der Waals surface area contributed by atoms with Gasteiger partial charge in [-0.25, -0.2) is 0 Å². The predicted octanol–water partition coefficient (Wildman–Crippen LogP) is 2.00.